The van der Waals surface area contributed by atoms with Crippen LogP contribution < -0.4 is 16.4 Å². The van der Waals surface area contributed by atoms with Crippen molar-refractivity contribution in [1.82, 2.24) is 10.6 Å². The Morgan fingerprint density at radius 1 is 0.897 bits per heavy atom. The minimum Gasteiger partial charge on any atom is -0.370 e. The zero-order valence-electron chi connectivity index (χ0n) is 19.0. The third-order valence-electron chi connectivity index (χ3n) is 4.62. The van der Waals surface area contributed by atoms with Gasteiger partial charge in [-0.3, -0.25) is 10.3 Å². The number of nitrogens with zero attached hydrogens (tertiary/aromatic N) is 1. The molecule has 170 valence electrons. The molecule has 0 rings (SSSR count). The summed E-state index contributed by atoms with van der Waals surface area (Å²) in [6, 6.07) is -0.268. The molecule has 0 radical (unpaired) electrons. The van der Waals surface area contributed by atoms with Crippen LogP contribution in [-0.4, -0.2) is 36.6 Å². The molecule has 0 bridgehead atoms. The standard InChI is InChI=1S/C23H46N4OS/c1-3-5-7-9-10-11-12-13-14-16-20-29-21-17-19-26-23(28)27-22(24)25-18-15-8-6-4-2/h6,8H,3-5,7,9-21H2,1-2H3,(H4,24,25,26,27,28). The van der Waals surface area contributed by atoms with Gasteiger partial charge in [0, 0.05) is 13.1 Å². The van der Waals surface area contributed by atoms with Crippen molar-refractivity contribution in [2.45, 2.75) is 97.3 Å². The van der Waals surface area contributed by atoms with Crippen molar-refractivity contribution in [3.8, 4) is 0 Å². The first-order valence-corrected chi connectivity index (χ1v) is 12.9. The lowest BCUT2D eigenvalue weighted by atomic mass is 10.1. The Morgan fingerprint density at radius 3 is 2.17 bits per heavy atom. The largest absolute Gasteiger partial charge is 0.370 e. The van der Waals surface area contributed by atoms with Crippen LogP contribution in [0.2, 0.25) is 0 Å². The number of allylic oxidation sites excluding steroid dienone is 1. The molecule has 0 aliphatic heterocycles. The quantitative estimate of drug-likeness (QED) is 0.103. The van der Waals surface area contributed by atoms with E-state index in [1.165, 1.54) is 70.0 Å². The van der Waals surface area contributed by atoms with Crippen LogP contribution in [0, 0.1) is 0 Å². The van der Waals surface area contributed by atoms with Crippen LogP contribution >= 0.6 is 11.8 Å². The van der Waals surface area contributed by atoms with Gasteiger partial charge in [0.2, 0.25) is 0 Å². The zero-order valence-corrected chi connectivity index (χ0v) is 19.8. The van der Waals surface area contributed by atoms with E-state index in [2.05, 4.69) is 41.6 Å². The number of amides is 2. The number of hydrogen-bond acceptors (Lipinski definition) is 3. The number of rotatable bonds is 19. The molecule has 0 aromatic carbocycles. The first-order valence-electron chi connectivity index (χ1n) is 11.8. The van der Waals surface area contributed by atoms with E-state index in [-0.39, 0.29) is 12.0 Å². The van der Waals surface area contributed by atoms with Crippen LogP contribution in [0.3, 0.4) is 0 Å². The molecule has 0 atom stereocenters. The Morgan fingerprint density at radius 2 is 1.52 bits per heavy atom. The van der Waals surface area contributed by atoms with E-state index < -0.39 is 0 Å². The Kier molecular flexibility index (Phi) is 22.2. The predicted molar refractivity (Wildman–Crippen MR) is 131 cm³/mol. The van der Waals surface area contributed by atoms with Gasteiger partial charge in [-0.25, -0.2) is 4.79 Å². The van der Waals surface area contributed by atoms with Crippen LogP contribution in [0.5, 0.6) is 0 Å². The summed E-state index contributed by atoms with van der Waals surface area (Å²) in [5, 5.41) is 5.40. The minimum absolute atomic E-state index is 0.183. The Bertz CT molecular complexity index is 427. The topological polar surface area (TPSA) is 79.5 Å². The van der Waals surface area contributed by atoms with Gasteiger partial charge in [0.05, 0.1) is 0 Å². The molecule has 0 aromatic heterocycles. The average Bonchev–Trinajstić information content (AvgIpc) is 2.70. The summed E-state index contributed by atoms with van der Waals surface area (Å²) in [4.78, 5) is 15.8. The fourth-order valence-electron chi connectivity index (χ4n) is 2.91. The number of hydrogen-bond donors (Lipinski definition) is 3. The van der Waals surface area contributed by atoms with Crippen molar-refractivity contribution in [2.75, 3.05) is 24.6 Å². The highest BCUT2D eigenvalue weighted by atomic mass is 32.2. The number of guanidine groups is 1. The minimum atomic E-state index is -0.268. The van der Waals surface area contributed by atoms with Crippen LogP contribution in [0.15, 0.2) is 17.1 Å². The summed E-state index contributed by atoms with van der Waals surface area (Å²) in [5.74, 6) is 2.50. The molecule has 0 unspecified atom stereocenters. The Balaban J connectivity index is 3.34. The molecule has 0 heterocycles. The highest BCUT2D eigenvalue weighted by molar-refractivity contribution is 7.99. The molecular formula is C23H46N4OS. The molecule has 0 fully saturated rings. The number of nitrogens with two attached hydrogens (primary N) is 1. The second-order valence-electron chi connectivity index (χ2n) is 7.46. The van der Waals surface area contributed by atoms with Crippen LogP contribution in [0.1, 0.15) is 97.3 Å². The van der Waals surface area contributed by atoms with Crippen molar-refractivity contribution in [3.63, 3.8) is 0 Å². The maximum absolute atomic E-state index is 11.7. The first kappa shape index (κ1) is 27.8. The van der Waals surface area contributed by atoms with Gasteiger partial charge in [0.1, 0.15) is 0 Å². The maximum atomic E-state index is 11.7. The number of thioether (sulfide) groups is 1. The van der Waals surface area contributed by atoms with E-state index >= 15 is 0 Å². The summed E-state index contributed by atoms with van der Waals surface area (Å²) in [7, 11) is 0. The molecule has 4 N–H and O–H groups in total. The molecule has 0 aliphatic rings. The van der Waals surface area contributed by atoms with E-state index in [0.29, 0.717) is 13.1 Å². The van der Waals surface area contributed by atoms with Crippen molar-refractivity contribution < 1.29 is 4.79 Å². The van der Waals surface area contributed by atoms with Gasteiger partial charge in [-0.15, -0.1) is 0 Å². The SMILES string of the molecule is CCC=CCCN=C(N)NC(=O)NCCCSCCCCCCCCCCCC. The normalized spacial score (nSPS) is 11.9. The molecule has 0 spiro atoms. The molecule has 0 saturated carbocycles. The molecular weight excluding hydrogens is 380 g/mol. The van der Waals surface area contributed by atoms with Gasteiger partial charge in [-0.05, 0) is 37.2 Å². The monoisotopic (exact) mass is 426 g/mol. The third-order valence-corrected chi connectivity index (χ3v) is 5.77. The van der Waals surface area contributed by atoms with Gasteiger partial charge in [0.25, 0.3) is 0 Å². The van der Waals surface area contributed by atoms with Gasteiger partial charge in [-0.1, -0.05) is 83.8 Å². The second-order valence-corrected chi connectivity index (χ2v) is 8.69. The van der Waals surface area contributed by atoms with Gasteiger partial charge in [0.15, 0.2) is 5.96 Å². The number of urea groups is 1. The summed E-state index contributed by atoms with van der Waals surface area (Å²) < 4.78 is 0. The molecule has 5 nitrogen and oxygen atoms in total. The molecule has 2 amide bonds. The molecule has 29 heavy (non-hydrogen) atoms. The van der Waals surface area contributed by atoms with Crippen molar-refractivity contribution in [1.29, 1.82) is 0 Å². The van der Waals surface area contributed by atoms with Crippen molar-refractivity contribution in [2.24, 2.45) is 10.7 Å². The zero-order chi connectivity index (χ0) is 21.4. The number of aliphatic imine (C=N–C) groups is 1. The Hall–Kier alpha value is -1.17. The summed E-state index contributed by atoms with van der Waals surface area (Å²) in [6.07, 6.45) is 20.9. The van der Waals surface area contributed by atoms with E-state index in [4.69, 9.17) is 5.73 Å². The van der Waals surface area contributed by atoms with Gasteiger partial charge < -0.3 is 11.1 Å². The van der Waals surface area contributed by atoms with Gasteiger partial charge in [-0.2, -0.15) is 11.8 Å². The number of unbranched alkanes of at least 4 members (excludes halogenated alkanes) is 9. The summed E-state index contributed by atoms with van der Waals surface area (Å²) in [6.45, 7) is 5.63. The first-order chi connectivity index (χ1) is 14.2. The van der Waals surface area contributed by atoms with Gasteiger partial charge >= 0.3 is 6.03 Å². The molecule has 0 aromatic rings. The number of carbonyl (C=O) groups is 1. The fraction of sp³-hybridized carbons (Fsp3) is 0.826. The smallest absolute Gasteiger partial charge is 0.321 e. The maximum Gasteiger partial charge on any atom is 0.321 e. The Labute approximate surface area is 184 Å². The number of carbonyl (C=O) groups excluding carboxylic acids is 1. The fourth-order valence-corrected chi connectivity index (χ4v) is 3.87. The lowest BCUT2D eigenvalue weighted by molar-refractivity contribution is 0.245. The van der Waals surface area contributed by atoms with E-state index in [1.807, 2.05) is 11.8 Å². The summed E-state index contributed by atoms with van der Waals surface area (Å²) >= 11 is 1.99. The van der Waals surface area contributed by atoms with Crippen LogP contribution in [0.4, 0.5) is 4.79 Å². The lowest BCUT2D eigenvalue weighted by Crippen LogP contribution is -2.43. The predicted octanol–water partition coefficient (Wildman–Crippen LogP) is 6.00. The van der Waals surface area contributed by atoms with E-state index in [9.17, 15) is 4.79 Å². The van der Waals surface area contributed by atoms with Crippen molar-refractivity contribution >= 4 is 23.8 Å². The number of nitrogens with one attached hydrogen (secondary N) is 2. The highest BCUT2D eigenvalue weighted by Crippen LogP contribution is 2.12. The van der Waals surface area contributed by atoms with E-state index in [1.54, 1.807) is 0 Å². The molecule has 0 aliphatic carbocycles. The molecule has 0 saturated heterocycles. The molecule has 6 heteroatoms. The second kappa shape index (κ2) is 23.1. The average molecular weight is 427 g/mol. The summed E-state index contributed by atoms with van der Waals surface area (Å²) in [5.41, 5.74) is 5.70. The lowest BCUT2D eigenvalue weighted by Gasteiger charge is -2.07. The van der Waals surface area contributed by atoms with Crippen molar-refractivity contribution in [3.05, 3.63) is 12.2 Å². The highest BCUT2D eigenvalue weighted by Gasteiger charge is 2.01. The van der Waals surface area contributed by atoms with Crippen LogP contribution in [-0.2, 0) is 0 Å². The van der Waals surface area contributed by atoms with E-state index in [0.717, 1.165) is 25.0 Å². The van der Waals surface area contributed by atoms with Crippen LogP contribution in [0.25, 0.3) is 0 Å². The third kappa shape index (κ3) is 23.0.